The van der Waals surface area contributed by atoms with Gasteiger partial charge in [-0.2, -0.15) is 4.98 Å². The number of fused-ring (bicyclic) bond motifs is 1. The first-order chi connectivity index (χ1) is 21.5. The summed E-state index contributed by atoms with van der Waals surface area (Å²) in [5, 5.41) is 16.2. The summed E-state index contributed by atoms with van der Waals surface area (Å²) in [6, 6.07) is 12.5. The molecule has 11 heteroatoms. The van der Waals surface area contributed by atoms with Gasteiger partial charge >= 0.3 is 5.97 Å². The second kappa shape index (κ2) is 13.1. The smallest absolute Gasteiger partial charge is 0.328 e. The maximum absolute atomic E-state index is 13.5. The maximum atomic E-state index is 13.5. The first-order valence-corrected chi connectivity index (χ1v) is 15.3. The quantitative estimate of drug-likeness (QED) is 0.168. The molecule has 1 aliphatic carbocycles. The van der Waals surface area contributed by atoms with Crippen molar-refractivity contribution in [3.63, 3.8) is 0 Å². The Morgan fingerprint density at radius 3 is 2.56 bits per heavy atom. The number of aryl methyl sites for hydroxylation is 1. The Balaban J connectivity index is 1.39. The number of hydrogen-bond donors (Lipinski definition) is 3. The van der Waals surface area contributed by atoms with Crippen molar-refractivity contribution < 1.29 is 24.2 Å². The van der Waals surface area contributed by atoms with Crippen LogP contribution in [0, 0.1) is 0 Å². The van der Waals surface area contributed by atoms with Crippen molar-refractivity contribution in [2.45, 2.75) is 57.9 Å². The number of hydrogen-bond acceptors (Lipinski definition) is 6. The highest BCUT2D eigenvalue weighted by Gasteiger charge is 2.32. The normalized spacial score (nSPS) is 13.8. The third-order valence-electron chi connectivity index (χ3n) is 8.05. The van der Waals surface area contributed by atoms with Crippen LogP contribution in [0.5, 0.6) is 5.88 Å². The van der Waals surface area contributed by atoms with Gasteiger partial charge in [0.1, 0.15) is 11.4 Å². The van der Waals surface area contributed by atoms with Crippen LogP contribution in [0.25, 0.3) is 28.4 Å². The zero-order valence-corrected chi connectivity index (χ0v) is 26.4. The van der Waals surface area contributed by atoms with Gasteiger partial charge in [-0.3, -0.25) is 14.6 Å². The molecule has 234 valence electrons. The molecule has 0 atom stereocenters. The number of nitrogens with one attached hydrogen (secondary N) is 2. The van der Waals surface area contributed by atoms with Crippen molar-refractivity contribution in [3.8, 4) is 17.3 Å². The summed E-state index contributed by atoms with van der Waals surface area (Å²) < 4.78 is 7.62. The molecule has 5 rings (SSSR count). The number of anilines is 1. The van der Waals surface area contributed by atoms with Crippen molar-refractivity contribution in [3.05, 3.63) is 76.5 Å². The average molecular weight is 630 g/mol. The number of ether oxygens (including phenoxy) is 1. The second-order valence-electron chi connectivity index (χ2n) is 11.6. The van der Waals surface area contributed by atoms with Crippen molar-refractivity contribution in [2.24, 2.45) is 7.05 Å². The van der Waals surface area contributed by atoms with Gasteiger partial charge in [-0.15, -0.1) is 0 Å². The highest BCUT2D eigenvalue weighted by Crippen LogP contribution is 2.44. The summed E-state index contributed by atoms with van der Waals surface area (Å²) in [5.74, 6) is -1.21. The van der Waals surface area contributed by atoms with E-state index < -0.39 is 23.3 Å². The third kappa shape index (κ3) is 6.86. The fourth-order valence-electron chi connectivity index (χ4n) is 5.81. The number of amides is 2. The van der Waals surface area contributed by atoms with Gasteiger partial charge in [-0.1, -0.05) is 30.5 Å². The summed E-state index contributed by atoms with van der Waals surface area (Å²) in [6.45, 7) is 5.29. The first-order valence-electron chi connectivity index (χ1n) is 14.9. The van der Waals surface area contributed by atoms with Gasteiger partial charge in [0.05, 0.1) is 23.0 Å². The van der Waals surface area contributed by atoms with E-state index in [0.717, 1.165) is 41.2 Å². The summed E-state index contributed by atoms with van der Waals surface area (Å²) in [5.41, 5.74) is 3.57. The lowest BCUT2D eigenvalue weighted by atomic mass is 9.93. The number of carboxylic acids is 1. The molecule has 1 fully saturated rings. The van der Waals surface area contributed by atoms with Crippen molar-refractivity contribution in [2.75, 3.05) is 11.9 Å². The molecule has 0 aliphatic heterocycles. The van der Waals surface area contributed by atoms with Crippen LogP contribution in [0.1, 0.15) is 73.9 Å². The Hall–Kier alpha value is -4.70. The molecule has 0 spiro atoms. The number of pyridine rings is 2. The van der Waals surface area contributed by atoms with Gasteiger partial charge in [0.15, 0.2) is 0 Å². The summed E-state index contributed by atoms with van der Waals surface area (Å²) in [6.07, 6.45) is 8.57. The number of rotatable bonds is 10. The Bertz CT molecular complexity index is 1790. The van der Waals surface area contributed by atoms with Crippen molar-refractivity contribution >= 4 is 52.2 Å². The highest BCUT2D eigenvalue weighted by molar-refractivity contribution is 6.30. The van der Waals surface area contributed by atoms with E-state index in [1.165, 1.54) is 30.5 Å². The van der Waals surface area contributed by atoms with Gasteiger partial charge in [0.2, 0.25) is 5.88 Å². The molecule has 3 aromatic heterocycles. The topological polar surface area (TPSA) is 135 Å². The molecule has 4 aromatic rings. The number of aromatic nitrogens is 3. The van der Waals surface area contributed by atoms with Gasteiger partial charge < -0.3 is 25.0 Å². The SMILES string of the molecule is CCOc1nc(NC(=O)C(C)(C)NC(=O)c2ccc3c(C4CCCC4)c(-c4ccc(Cl)cn4)n(C)c3c2)ccc1/C=C/C(=O)O. The van der Waals surface area contributed by atoms with E-state index in [4.69, 9.17) is 21.4 Å². The molecule has 0 unspecified atom stereocenters. The number of nitrogens with zero attached hydrogens (tertiary/aromatic N) is 3. The molecular formula is C34H36ClN5O5. The Labute approximate surface area is 266 Å². The summed E-state index contributed by atoms with van der Waals surface area (Å²) in [7, 11) is 1.98. The standard InChI is InChI=1S/C34H36ClN5O5/c1-5-45-32-21(12-17-28(41)42)11-16-27(37-32)38-33(44)34(2,3)39-31(43)22-10-14-24-26(18-22)40(4)30(25-15-13-23(35)19-36-25)29(24)20-8-6-7-9-20/h10-20H,5-9H2,1-4H3,(H,39,43)(H,41,42)(H,37,38,44)/b17-12+. The van der Waals surface area contributed by atoms with E-state index in [-0.39, 0.29) is 11.7 Å². The number of carboxylic acid groups (broad SMARTS) is 1. The lowest BCUT2D eigenvalue weighted by Crippen LogP contribution is -2.52. The molecule has 3 N–H and O–H groups in total. The zero-order valence-electron chi connectivity index (χ0n) is 25.7. The molecule has 0 bridgehead atoms. The lowest BCUT2D eigenvalue weighted by Gasteiger charge is -2.25. The number of carbonyl (C=O) groups excluding carboxylic acids is 2. The number of halogens is 1. The zero-order chi connectivity index (χ0) is 32.3. The predicted molar refractivity (Wildman–Crippen MR) is 175 cm³/mol. The maximum Gasteiger partial charge on any atom is 0.328 e. The molecule has 1 aromatic carbocycles. The van der Waals surface area contributed by atoms with Crippen LogP contribution in [-0.2, 0) is 16.6 Å². The van der Waals surface area contributed by atoms with Crippen LogP contribution in [0.3, 0.4) is 0 Å². The molecule has 3 heterocycles. The van der Waals surface area contributed by atoms with Gasteiger partial charge in [0, 0.05) is 41.4 Å². The number of benzene rings is 1. The van der Waals surface area contributed by atoms with E-state index in [0.29, 0.717) is 28.7 Å². The Morgan fingerprint density at radius 1 is 1.13 bits per heavy atom. The Morgan fingerprint density at radius 2 is 1.89 bits per heavy atom. The predicted octanol–water partition coefficient (Wildman–Crippen LogP) is 6.59. The Kier molecular flexibility index (Phi) is 9.24. The van der Waals surface area contributed by atoms with E-state index >= 15 is 0 Å². The largest absolute Gasteiger partial charge is 0.478 e. The minimum Gasteiger partial charge on any atom is -0.478 e. The highest BCUT2D eigenvalue weighted by atomic mass is 35.5. The molecular weight excluding hydrogens is 594 g/mol. The van der Waals surface area contributed by atoms with Gasteiger partial charge in [-0.25, -0.2) is 4.79 Å². The van der Waals surface area contributed by atoms with E-state index in [1.54, 1.807) is 39.1 Å². The van der Waals surface area contributed by atoms with Crippen LogP contribution in [0.2, 0.25) is 5.02 Å². The number of aliphatic carboxylic acids is 1. The van der Waals surface area contributed by atoms with Crippen LogP contribution in [0.15, 0.2) is 54.7 Å². The van der Waals surface area contributed by atoms with Gasteiger partial charge in [0.25, 0.3) is 11.8 Å². The molecule has 1 aliphatic rings. The van der Waals surface area contributed by atoms with Crippen LogP contribution in [-0.4, -0.2) is 49.6 Å². The minimum absolute atomic E-state index is 0.177. The van der Waals surface area contributed by atoms with Crippen molar-refractivity contribution in [1.29, 1.82) is 0 Å². The third-order valence-corrected chi connectivity index (χ3v) is 8.27. The molecule has 0 saturated heterocycles. The van der Waals surface area contributed by atoms with Crippen molar-refractivity contribution in [1.82, 2.24) is 19.9 Å². The van der Waals surface area contributed by atoms with E-state index in [9.17, 15) is 14.4 Å². The summed E-state index contributed by atoms with van der Waals surface area (Å²) in [4.78, 5) is 46.7. The summed E-state index contributed by atoms with van der Waals surface area (Å²) >= 11 is 6.14. The minimum atomic E-state index is -1.30. The average Bonchev–Trinajstić information content (AvgIpc) is 3.63. The fraction of sp³-hybridized carbons (Fsp3) is 0.324. The molecule has 2 amide bonds. The van der Waals surface area contributed by atoms with E-state index in [1.807, 2.05) is 31.3 Å². The molecule has 10 nitrogen and oxygen atoms in total. The van der Waals surface area contributed by atoms with Crippen LogP contribution >= 0.6 is 11.6 Å². The lowest BCUT2D eigenvalue weighted by molar-refractivity contribution is -0.131. The second-order valence-corrected chi connectivity index (χ2v) is 12.1. The van der Waals surface area contributed by atoms with Crippen LogP contribution < -0.4 is 15.4 Å². The van der Waals surface area contributed by atoms with E-state index in [2.05, 4.69) is 25.2 Å². The molecule has 45 heavy (non-hydrogen) atoms. The number of carbonyl (C=O) groups is 3. The first kappa shape index (κ1) is 31.7. The van der Waals surface area contributed by atoms with Gasteiger partial charge in [-0.05, 0) is 87.6 Å². The fourth-order valence-corrected chi connectivity index (χ4v) is 5.92. The van der Waals surface area contributed by atoms with Crippen LogP contribution in [0.4, 0.5) is 5.82 Å². The monoisotopic (exact) mass is 629 g/mol. The molecule has 1 saturated carbocycles. The molecule has 0 radical (unpaired) electrons.